The number of ether oxygens (including phenoxy) is 2. The van der Waals surface area contributed by atoms with Gasteiger partial charge < -0.3 is 19.7 Å². The van der Waals surface area contributed by atoms with Crippen LogP contribution < -0.4 is 5.32 Å². The molecule has 2 amide bonds. The fourth-order valence-electron chi connectivity index (χ4n) is 3.42. The van der Waals surface area contributed by atoms with Gasteiger partial charge >= 0.3 is 6.09 Å². The van der Waals surface area contributed by atoms with Gasteiger partial charge in [0.05, 0.1) is 12.6 Å². The lowest BCUT2D eigenvalue weighted by Crippen LogP contribution is -2.48. The van der Waals surface area contributed by atoms with Gasteiger partial charge in [-0.15, -0.1) is 11.3 Å². The van der Waals surface area contributed by atoms with Crippen molar-refractivity contribution in [3.05, 3.63) is 40.7 Å². The Labute approximate surface area is 202 Å². The summed E-state index contributed by atoms with van der Waals surface area (Å²) >= 11 is 1.43. The van der Waals surface area contributed by atoms with Gasteiger partial charge in [0.15, 0.2) is 6.10 Å². The molecule has 8 nitrogen and oxygen atoms in total. The van der Waals surface area contributed by atoms with Crippen molar-refractivity contribution in [2.24, 2.45) is 0 Å². The molecule has 2 atom stereocenters. The van der Waals surface area contributed by atoms with E-state index in [2.05, 4.69) is 10.3 Å². The minimum absolute atomic E-state index is 0.00620. The molecule has 2 aromatic rings. The highest BCUT2D eigenvalue weighted by atomic mass is 32.1. The van der Waals surface area contributed by atoms with Gasteiger partial charge in [0, 0.05) is 36.2 Å². The van der Waals surface area contributed by atoms with E-state index in [1.165, 1.54) is 22.3 Å². The van der Waals surface area contributed by atoms with E-state index in [1.54, 1.807) is 32.9 Å². The highest BCUT2D eigenvalue weighted by molar-refractivity contribution is 7.13. The van der Waals surface area contributed by atoms with Crippen LogP contribution in [0.15, 0.2) is 23.6 Å². The Balaban J connectivity index is 1.63. The summed E-state index contributed by atoms with van der Waals surface area (Å²) in [6.45, 7) is 7.88. The molecule has 0 radical (unpaired) electrons. The normalized spacial score (nSPS) is 17.4. The van der Waals surface area contributed by atoms with Crippen molar-refractivity contribution < 1.29 is 23.5 Å². The average Bonchev–Trinajstić information content (AvgIpc) is 3.04. The zero-order valence-electron chi connectivity index (χ0n) is 19.8. The summed E-state index contributed by atoms with van der Waals surface area (Å²) in [5, 5.41) is 14.8. The molecule has 34 heavy (non-hydrogen) atoms. The van der Waals surface area contributed by atoms with E-state index >= 15 is 0 Å². The quantitative estimate of drug-likeness (QED) is 0.686. The van der Waals surface area contributed by atoms with Gasteiger partial charge in [0.25, 0.3) is 5.91 Å². The molecule has 182 valence electrons. The molecule has 1 saturated heterocycles. The minimum atomic E-state index is -0.961. The maximum absolute atomic E-state index is 14.7. The molecule has 1 aromatic carbocycles. The standard InChI is InChI=1S/C24H29FN4O4S/c1-15-14-34-22(27-15)17-7-6-16(19(25)11-17)10-18(12-26)28-21(30)20-13-29(8-5-9-32-20)23(31)33-24(2,3)4/h6-7,11,14,18,20H,5,8-10,13H2,1-4H3,(H,28,30)/t18?,20-/m0/s1. The number of nitrogens with zero attached hydrogens (tertiary/aromatic N) is 3. The van der Waals surface area contributed by atoms with Gasteiger partial charge in [0.2, 0.25) is 0 Å². The lowest BCUT2D eigenvalue weighted by molar-refractivity contribution is -0.133. The van der Waals surface area contributed by atoms with Crippen LogP contribution >= 0.6 is 11.3 Å². The fraction of sp³-hybridized carbons (Fsp3) is 0.500. The van der Waals surface area contributed by atoms with Crippen LogP contribution in [0.5, 0.6) is 0 Å². The Morgan fingerprint density at radius 3 is 2.82 bits per heavy atom. The zero-order valence-corrected chi connectivity index (χ0v) is 20.6. The topological polar surface area (TPSA) is 105 Å². The van der Waals surface area contributed by atoms with E-state index in [-0.39, 0.29) is 13.0 Å². The Bertz CT molecular complexity index is 1080. The number of nitrogens with one attached hydrogen (secondary N) is 1. The van der Waals surface area contributed by atoms with Gasteiger partial charge in [-0.3, -0.25) is 4.79 Å². The number of aromatic nitrogens is 1. The van der Waals surface area contributed by atoms with Crippen LogP contribution in [0.3, 0.4) is 0 Å². The monoisotopic (exact) mass is 488 g/mol. The first-order valence-electron chi connectivity index (χ1n) is 11.1. The summed E-state index contributed by atoms with van der Waals surface area (Å²) in [5.41, 5.74) is 1.17. The van der Waals surface area contributed by atoms with Crippen LogP contribution in [-0.2, 0) is 20.7 Å². The van der Waals surface area contributed by atoms with Crippen molar-refractivity contribution in [2.45, 2.75) is 58.3 Å². The Morgan fingerprint density at radius 1 is 1.44 bits per heavy atom. The molecule has 0 spiro atoms. The second-order valence-electron chi connectivity index (χ2n) is 9.13. The van der Waals surface area contributed by atoms with Crippen LogP contribution in [0.1, 0.15) is 38.4 Å². The second-order valence-corrected chi connectivity index (χ2v) is 9.99. The number of hydrogen-bond acceptors (Lipinski definition) is 7. The summed E-state index contributed by atoms with van der Waals surface area (Å²) < 4.78 is 25.7. The Kier molecular flexibility index (Phi) is 8.23. The van der Waals surface area contributed by atoms with E-state index in [9.17, 15) is 19.2 Å². The number of carbonyl (C=O) groups is 2. The van der Waals surface area contributed by atoms with E-state index in [0.29, 0.717) is 35.7 Å². The van der Waals surface area contributed by atoms with Crippen LogP contribution in [0.25, 0.3) is 10.6 Å². The van der Waals surface area contributed by atoms with Crippen molar-refractivity contribution in [1.82, 2.24) is 15.2 Å². The molecule has 2 heterocycles. The Morgan fingerprint density at radius 2 is 2.21 bits per heavy atom. The first kappa shape index (κ1) is 25.6. The van der Waals surface area contributed by atoms with Gasteiger partial charge in [-0.25, -0.2) is 14.2 Å². The largest absolute Gasteiger partial charge is 0.444 e. The molecule has 0 aliphatic carbocycles. The molecule has 0 bridgehead atoms. The van der Waals surface area contributed by atoms with E-state index in [0.717, 1.165) is 5.69 Å². The van der Waals surface area contributed by atoms with E-state index in [1.807, 2.05) is 18.4 Å². The molecule has 3 rings (SSSR count). The fourth-order valence-corrected chi connectivity index (χ4v) is 4.22. The molecule has 1 fully saturated rings. The van der Waals surface area contributed by atoms with Crippen LogP contribution in [0.4, 0.5) is 9.18 Å². The molecule has 10 heteroatoms. The van der Waals surface area contributed by atoms with Crippen LogP contribution in [0, 0.1) is 24.1 Å². The Hall–Kier alpha value is -3.03. The minimum Gasteiger partial charge on any atom is -0.444 e. The van der Waals surface area contributed by atoms with Gasteiger partial charge in [0.1, 0.15) is 22.5 Å². The molecule has 0 saturated carbocycles. The summed E-state index contributed by atoms with van der Waals surface area (Å²) in [6, 6.07) is 5.78. The number of benzene rings is 1. The molecule has 1 N–H and O–H groups in total. The smallest absolute Gasteiger partial charge is 0.410 e. The van der Waals surface area contributed by atoms with Crippen molar-refractivity contribution in [2.75, 3.05) is 19.7 Å². The third kappa shape index (κ3) is 6.98. The summed E-state index contributed by atoms with van der Waals surface area (Å²) in [4.78, 5) is 31.1. The van der Waals surface area contributed by atoms with Crippen LogP contribution in [-0.4, -0.2) is 59.3 Å². The lowest BCUT2D eigenvalue weighted by atomic mass is 10.0. The number of amides is 2. The molecule has 1 aliphatic rings. The number of aryl methyl sites for hydroxylation is 1. The predicted octanol–water partition coefficient (Wildman–Crippen LogP) is 3.83. The molecule has 1 aromatic heterocycles. The van der Waals surface area contributed by atoms with Gasteiger partial charge in [-0.2, -0.15) is 5.26 Å². The van der Waals surface area contributed by atoms with Crippen molar-refractivity contribution in [3.63, 3.8) is 0 Å². The SMILES string of the molecule is Cc1csc(-c2ccc(CC(C#N)NC(=O)[C@@H]3CN(C(=O)OC(C)(C)C)CCCO3)c(F)c2)n1. The predicted molar refractivity (Wildman–Crippen MR) is 126 cm³/mol. The number of halogens is 1. The molecule has 1 unspecified atom stereocenters. The number of nitriles is 1. The number of hydrogen-bond donors (Lipinski definition) is 1. The van der Waals surface area contributed by atoms with E-state index < -0.39 is 35.6 Å². The first-order valence-corrected chi connectivity index (χ1v) is 11.9. The maximum atomic E-state index is 14.7. The number of carbonyl (C=O) groups excluding carboxylic acids is 2. The summed E-state index contributed by atoms with van der Waals surface area (Å²) in [5.74, 6) is -1.00. The average molecular weight is 489 g/mol. The molecule has 1 aliphatic heterocycles. The zero-order chi connectivity index (χ0) is 24.9. The van der Waals surface area contributed by atoms with Crippen LogP contribution in [0.2, 0.25) is 0 Å². The van der Waals surface area contributed by atoms with E-state index in [4.69, 9.17) is 9.47 Å². The van der Waals surface area contributed by atoms with Gasteiger partial charge in [-0.1, -0.05) is 12.1 Å². The third-order valence-electron chi connectivity index (χ3n) is 5.04. The second kappa shape index (κ2) is 10.9. The van der Waals surface area contributed by atoms with Crippen molar-refractivity contribution >= 4 is 23.3 Å². The molecular formula is C24H29FN4O4S. The summed E-state index contributed by atoms with van der Waals surface area (Å²) in [7, 11) is 0. The highest BCUT2D eigenvalue weighted by Crippen LogP contribution is 2.26. The van der Waals surface area contributed by atoms with Crippen molar-refractivity contribution in [1.29, 1.82) is 5.26 Å². The summed E-state index contributed by atoms with van der Waals surface area (Å²) in [6.07, 6.45) is -0.925. The third-order valence-corrected chi connectivity index (χ3v) is 6.05. The van der Waals surface area contributed by atoms with Crippen molar-refractivity contribution in [3.8, 4) is 16.6 Å². The number of thiazole rings is 1. The van der Waals surface area contributed by atoms with Gasteiger partial charge in [-0.05, 0) is 45.7 Å². The molecular weight excluding hydrogens is 459 g/mol. The number of rotatable bonds is 5. The maximum Gasteiger partial charge on any atom is 0.410 e. The highest BCUT2D eigenvalue weighted by Gasteiger charge is 2.31. The lowest BCUT2D eigenvalue weighted by Gasteiger charge is -2.27. The first-order chi connectivity index (χ1) is 16.1.